The number of likely N-dealkylation sites (N-methyl/N-ethyl adjacent to an activating group) is 1. The number of nitrogens with zero attached hydrogens (tertiary/aromatic N) is 1. The number of pyridine rings is 1. The highest BCUT2D eigenvalue weighted by molar-refractivity contribution is 5.72. The molecule has 4 N–H and O–H groups in total. The predicted molar refractivity (Wildman–Crippen MR) is 119 cm³/mol. The molecule has 170 valence electrons. The van der Waals surface area contributed by atoms with Crippen molar-refractivity contribution in [1.29, 1.82) is 0 Å². The molecule has 0 saturated carbocycles. The van der Waals surface area contributed by atoms with Crippen molar-refractivity contribution >= 4 is 12.1 Å². The van der Waals surface area contributed by atoms with Gasteiger partial charge in [0.1, 0.15) is 5.60 Å². The minimum Gasteiger partial charge on any atom is -0.481 e. The van der Waals surface area contributed by atoms with Gasteiger partial charge in [0.05, 0.1) is 18.6 Å². The van der Waals surface area contributed by atoms with Crippen molar-refractivity contribution < 1.29 is 24.5 Å². The number of benzene rings is 1. The first-order valence-corrected chi connectivity index (χ1v) is 10.0. The van der Waals surface area contributed by atoms with Crippen molar-refractivity contribution in [3.63, 3.8) is 0 Å². The summed E-state index contributed by atoms with van der Waals surface area (Å²) in [4.78, 5) is 26.4. The summed E-state index contributed by atoms with van der Waals surface area (Å²) in [5, 5.41) is 24.2. The van der Waals surface area contributed by atoms with Gasteiger partial charge in [-0.1, -0.05) is 36.4 Å². The highest BCUT2D eigenvalue weighted by Crippen LogP contribution is 2.17. The number of ether oxygens (including phenoxy) is 1. The largest absolute Gasteiger partial charge is 0.481 e. The molecule has 0 unspecified atom stereocenters. The molecule has 2 aromatic rings. The fraction of sp³-hybridized carbons (Fsp3) is 0.435. The van der Waals surface area contributed by atoms with Gasteiger partial charge in [0, 0.05) is 18.4 Å². The smallest absolute Gasteiger partial charge is 0.408 e. The molecule has 0 radical (unpaired) electrons. The molecular weight excluding hydrogens is 398 g/mol. The first-order chi connectivity index (χ1) is 14.5. The summed E-state index contributed by atoms with van der Waals surface area (Å²) in [6, 6.07) is 12.5. The maximum atomic E-state index is 11.7. The first-order valence-electron chi connectivity index (χ1n) is 10.0. The molecule has 0 aliphatic rings. The number of hydrogen-bond acceptors (Lipinski definition) is 6. The zero-order valence-corrected chi connectivity index (χ0v) is 18.7. The van der Waals surface area contributed by atoms with Crippen LogP contribution < -0.4 is 10.6 Å². The quantitative estimate of drug-likeness (QED) is 0.530. The molecule has 8 heteroatoms. The van der Waals surface area contributed by atoms with E-state index in [-0.39, 0.29) is 12.5 Å². The van der Waals surface area contributed by atoms with Gasteiger partial charge in [-0.3, -0.25) is 9.78 Å². The Bertz CT molecular complexity index is 794. The van der Waals surface area contributed by atoms with Gasteiger partial charge in [-0.15, -0.1) is 0 Å². The summed E-state index contributed by atoms with van der Waals surface area (Å²) in [6.45, 7) is 7.17. The maximum absolute atomic E-state index is 11.7. The van der Waals surface area contributed by atoms with Crippen LogP contribution >= 0.6 is 0 Å². The molecule has 1 heterocycles. The van der Waals surface area contributed by atoms with Gasteiger partial charge >= 0.3 is 12.1 Å². The lowest BCUT2D eigenvalue weighted by molar-refractivity contribution is -0.137. The Morgan fingerprint density at radius 2 is 1.71 bits per heavy atom. The van der Waals surface area contributed by atoms with Crippen LogP contribution in [-0.2, 0) is 9.53 Å². The normalized spacial score (nSPS) is 13.7. The minimum absolute atomic E-state index is 0.0902. The van der Waals surface area contributed by atoms with E-state index in [0.29, 0.717) is 5.56 Å². The van der Waals surface area contributed by atoms with Crippen LogP contribution in [0, 0.1) is 0 Å². The summed E-state index contributed by atoms with van der Waals surface area (Å²) in [5.74, 6) is -1.01. The highest BCUT2D eigenvalue weighted by Gasteiger charge is 2.22. The van der Waals surface area contributed by atoms with Gasteiger partial charge in [-0.05, 0) is 51.9 Å². The van der Waals surface area contributed by atoms with Crippen molar-refractivity contribution in [3.05, 3.63) is 66.0 Å². The Labute approximate surface area is 183 Å². The SMILES string of the molecule is CC(C)(C)OC(=O)N[C@@H](CC(=O)O)c1cccnc1.CN[C@H](C)[C@H](O)c1ccccc1. The summed E-state index contributed by atoms with van der Waals surface area (Å²) in [6.07, 6.45) is 1.80. The third-order valence-electron chi connectivity index (χ3n) is 4.23. The van der Waals surface area contributed by atoms with Gasteiger partial charge in [0.25, 0.3) is 0 Å². The first kappa shape index (κ1) is 26.1. The average molecular weight is 432 g/mol. The summed E-state index contributed by atoms with van der Waals surface area (Å²) in [5.41, 5.74) is 0.947. The Morgan fingerprint density at radius 3 is 2.19 bits per heavy atom. The van der Waals surface area contributed by atoms with E-state index in [1.54, 1.807) is 39.1 Å². The maximum Gasteiger partial charge on any atom is 0.408 e. The van der Waals surface area contributed by atoms with Gasteiger partial charge < -0.3 is 25.6 Å². The molecule has 1 aromatic heterocycles. The minimum atomic E-state index is -1.01. The second kappa shape index (κ2) is 12.7. The number of aliphatic carboxylic acids is 1. The standard InChI is InChI=1S/C13H18N2O4.C10H15NO/c1-13(2,3)19-12(18)15-10(7-11(16)17)9-5-4-6-14-8-9;1-8(11-2)10(12)9-6-4-3-5-7-9/h4-6,8,10H,7H2,1-3H3,(H,15,18)(H,16,17);3-8,10-12H,1-2H3/t10-;8-,10+/m01/s1. The second-order valence-corrected chi connectivity index (χ2v) is 8.02. The summed E-state index contributed by atoms with van der Waals surface area (Å²) < 4.78 is 5.11. The Morgan fingerprint density at radius 1 is 1.10 bits per heavy atom. The Hall–Kier alpha value is -2.97. The van der Waals surface area contributed by atoms with Gasteiger partial charge in [0.15, 0.2) is 0 Å². The third kappa shape index (κ3) is 10.6. The zero-order chi connectivity index (χ0) is 23.4. The number of amides is 1. The lowest BCUT2D eigenvalue weighted by atomic mass is 10.0. The van der Waals surface area contributed by atoms with E-state index < -0.39 is 29.8 Å². The van der Waals surface area contributed by atoms with Gasteiger partial charge in [0.2, 0.25) is 0 Å². The molecule has 0 saturated heterocycles. The fourth-order valence-corrected chi connectivity index (χ4v) is 2.56. The van der Waals surface area contributed by atoms with Crippen molar-refractivity contribution in [3.8, 4) is 0 Å². The fourth-order valence-electron chi connectivity index (χ4n) is 2.56. The average Bonchev–Trinajstić information content (AvgIpc) is 2.72. The molecule has 31 heavy (non-hydrogen) atoms. The monoisotopic (exact) mass is 431 g/mol. The van der Waals surface area contributed by atoms with Crippen LogP contribution in [0.4, 0.5) is 4.79 Å². The molecule has 3 atom stereocenters. The molecule has 0 aliphatic carbocycles. The molecule has 2 rings (SSSR count). The number of aromatic nitrogens is 1. The van der Waals surface area contributed by atoms with E-state index >= 15 is 0 Å². The van der Waals surface area contributed by atoms with E-state index in [0.717, 1.165) is 5.56 Å². The third-order valence-corrected chi connectivity index (χ3v) is 4.23. The number of alkyl carbamates (subject to hydrolysis) is 1. The Balaban J connectivity index is 0.000000343. The summed E-state index contributed by atoms with van der Waals surface area (Å²) >= 11 is 0. The molecular formula is C23H33N3O5. The number of carbonyl (C=O) groups excluding carboxylic acids is 1. The lowest BCUT2D eigenvalue weighted by Gasteiger charge is -2.23. The summed E-state index contributed by atoms with van der Waals surface area (Å²) in [7, 11) is 1.84. The van der Waals surface area contributed by atoms with E-state index in [9.17, 15) is 14.7 Å². The van der Waals surface area contributed by atoms with Crippen molar-refractivity contribution in [1.82, 2.24) is 15.6 Å². The van der Waals surface area contributed by atoms with Gasteiger partial charge in [-0.2, -0.15) is 0 Å². The van der Waals surface area contributed by atoms with E-state index in [4.69, 9.17) is 9.84 Å². The number of nitrogens with one attached hydrogen (secondary N) is 2. The number of hydrogen-bond donors (Lipinski definition) is 4. The number of carboxylic acid groups (broad SMARTS) is 1. The van der Waals surface area contributed by atoms with Crippen LogP contribution in [0.3, 0.4) is 0 Å². The highest BCUT2D eigenvalue weighted by atomic mass is 16.6. The number of aliphatic hydroxyl groups is 1. The van der Waals surface area contributed by atoms with Crippen LogP contribution in [0.2, 0.25) is 0 Å². The molecule has 1 aromatic carbocycles. The second-order valence-electron chi connectivity index (χ2n) is 8.02. The van der Waals surface area contributed by atoms with Crippen molar-refractivity contribution in [2.45, 2.75) is 57.9 Å². The number of rotatable bonds is 7. The van der Waals surface area contributed by atoms with Crippen molar-refractivity contribution in [2.75, 3.05) is 7.05 Å². The van der Waals surface area contributed by atoms with Gasteiger partial charge in [-0.25, -0.2) is 4.79 Å². The van der Waals surface area contributed by atoms with E-state index in [2.05, 4.69) is 15.6 Å². The Kier molecular flexibility index (Phi) is 10.6. The molecule has 1 amide bonds. The number of carboxylic acids is 1. The number of aliphatic hydroxyl groups excluding tert-OH is 1. The molecule has 0 spiro atoms. The lowest BCUT2D eigenvalue weighted by Crippen LogP contribution is -2.35. The van der Waals surface area contributed by atoms with Crippen LogP contribution in [0.25, 0.3) is 0 Å². The van der Waals surface area contributed by atoms with Crippen LogP contribution in [0.1, 0.15) is 57.4 Å². The zero-order valence-electron chi connectivity index (χ0n) is 18.7. The molecule has 8 nitrogen and oxygen atoms in total. The molecule has 0 fully saturated rings. The molecule has 0 bridgehead atoms. The topological polar surface area (TPSA) is 121 Å². The van der Waals surface area contributed by atoms with Crippen LogP contribution in [-0.4, -0.2) is 46.0 Å². The molecule has 0 aliphatic heterocycles. The van der Waals surface area contributed by atoms with Crippen molar-refractivity contribution in [2.24, 2.45) is 0 Å². The van der Waals surface area contributed by atoms with E-state index in [1.165, 1.54) is 6.20 Å². The number of carbonyl (C=O) groups is 2. The van der Waals surface area contributed by atoms with E-state index in [1.807, 2.05) is 44.3 Å². The van der Waals surface area contributed by atoms with Crippen LogP contribution in [0.15, 0.2) is 54.9 Å². The predicted octanol–water partition coefficient (Wildman–Crippen LogP) is 3.45. The van der Waals surface area contributed by atoms with Crippen LogP contribution in [0.5, 0.6) is 0 Å².